The van der Waals surface area contributed by atoms with Gasteiger partial charge in [-0.3, -0.25) is 9.97 Å². The zero-order valence-electron chi connectivity index (χ0n) is 24.7. The van der Waals surface area contributed by atoms with Gasteiger partial charge in [0.2, 0.25) is 0 Å². The van der Waals surface area contributed by atoms with Crippen LogP contribution in [0.5, 0.6) is 0 Å². The Hall–Kier alpha value is -5.65. The molecular weight excluding hydrogens is 581 g/mol. The molecule has 5 aromatic carbocycles. The summed E-state index contributed by atoms with van der Waals surface area (Å²) >= 11 is 1.83. The summed E-state index contributed by atoms with van der Waals surface area (Å²) < 4.78 is 0. The van der Waals surface area contributed by atoms with E-state index in [2.05, 4.69) is 143 Å². The Morgan fingerprint density at radius 3 is 1.65 bits per heavy atom. The molecule has 216 valence electrons. The predicted octanol–water partition coefficient (Wildman–Crippen LogP) is 10.6. The second-order valence-electron chi connectivity index (χ2n) is 11.8. The van der Waals surface area contributed by atoms with E-state index in [4.69, 9.17) is 9.97 Å². The first-order valence-electron chi connectivity index (χ1n) is 15.5. The third-order valence-corrected chi connectivity index (χ3v) is 10.6. The summed E-state index contributed by atoms with van der Waals surface area (Å²) in [4.78, 5) is 17.7. The average Bonchev–Trinajstić information content (AvgIpc) is 3.42. The molecule has 0 unspecified atom stereocenters. The highest BCUT2D eigenvalue weighted by Gasteiger charge is 2.54. The number of hydrogen-bond donors (Lipinski definition) is 0. The molecule has 4 heterocycles. The van der Waals surface area contributed by atoms with E-state index < -0.39 is 5.41 Å². The summed E-state index contributed by atoms with van der Waals surface area (Å²) in [6.45, 7) is 0. The van der Waals surface area contributed by atoms with E-state index >= 15 is 0 Å². The minimum absolute atomic E-state index is 0.704. The van der Waals surface area contributed by atoms with E-state index in [-0.39, 0.29) is 0 Å². The number of aromatic nitrogens is 2. The molecule has 4 nitrogen and oxygen atoms in total. The standard InChI is InChI=1S/C41H26N4S/c1-2-12-27(13-3-1)44-33-17-5-4-16-31(33)41(39-29(14-10-24-42-39)30-15-11-25-43-40(30)41)32-26-28(22-23-34(32)44)45-35-18-6-8-20-37(35)46-38-21-9-7-19-36(38)45/h1-26H. The number of benzene rings is 5. The van der Waals surface area contributed by atoms with Crippen LogP contribution in [0.15, 0.2) is 168 Å². The van der Waals surface area contributed by atoms with E-state index in [1.54, 1.807) is 0 Å². The summed E-state index contributed by atoms with van der Waals surface area (Å²) in [6.07, 6.45) is 3.85. The molecule has 0 saturated heterocycles. The Kier molecular flexibility index (Phi) is 5.39. The zero-order chi connectivity index (χ0) is 30.2. The van der Waals surface area contributed by atoms with Gasteiger partial charge >= 0.3 is 0 Å². The Morgan fingerprint density at radius 2 is 0.978 bits per heavy atom. The van der Waals surface area contributed by atoms with Crippen molar-refractivity contribution >= 4 is 45.9 Å². The summed E-state index contributed by atoms with van der Waals surface area (Å²) in [5, 5.41) is 0. The maximum Gasteiger partial charge on any atom is 0.110 e. The number of anilines is 6. The lowest BCUT2D eigenvalue weighted by atomic mass is 9.67. The zero-order valence-corrected chi connectivity index (χ0v) is 25.5. The first-order valence-corrected chi connectivity index (χ1v) is 16.3. The van der Waals surface area contributed by atoms with Crippen LogP contribution in [-0.4, -0.2) is 9.97 Å². The predicted molar refractivity (Wildman–Crippen MR) is 186 cm³/mol. The van der Waals surface area contributed by atoms with Crippen LogP contribution in [0.3, 0.4) is 0 Å². The van der Waals surface area contributed by atoms with E-state index in [9.17, 15) is 0 Å². The summed E-state index contributed by atoms with van der Waals surface area (Å²) in [6, 6.07) is 52.3. The van der Waals surface area contributed by atoms with Gasteiger partial charge in [0, 0.05) is 50.2 Å². The Morgan fingerprint density at radius 1 is 0.435 bits per heavy atom. The normalized spacial score (nSPS) is 14.5. The van der Waals surface area contributed by atoms with E-state index in [0.29, 0.717) is 0 Å². The molecule has 2 aromatic heterocycles. The summed E-state index contributed by atoms with van der Waals surface area (Å²) in [5.74, 6) is 0. The number of para-hydroxylation sites is 4. The number of fused-ring (bicyclic) bond motifs is 11. The van der Waals surface area contributed by atoms with Gasteiger partial charge in [-0.05, 0) is 78.4 Å². The summed E-state index contributed by atoms with van der Waals surface area (Å²) in [5.41, 5.74) is 12.8. The van der Waals surface area contributed by atoms with Gasteiger partial charge in [0.05, 0.1) is 34.1 Å². The SMILES string of the molecule is c1ccc(N2c3ccccc3C3(c4cc(N5c6ccccc6Sc6ccccc65)ccc42)c2ncccc2-c2cccnc23)cc1. The van der Waals surface area contributed by atoms with Crippen molar-refractivity contribution in [2.45, 2.75) is 15.2 Å². The molecule has 1 spiro atoms. The lowest BCUT2D eigenvalue weighted by Gasteiger charge is -2.44. The minimum Gasteiger partial charge on any atom is -0.310 e. The number of nitrogens with zero attached hydrogens (tertiary/aromatic N) is 4. The lowest BCUT2D eigenvalue weighted by molar-refractivity contribution is 0.701. The van der Waals surface area contributed by atoms with Crippen molar-refractivity contribution < 1.29 is 0 Å². The fourth-order valence-corrected chi connectivity index (χ4v) is 8.78. The van der Waals surface area contributed by atoms with Gasteiger partial charge in [-0.25, -0.2) is 0 Å². The fraction of sp³-hybridized carbons (Fsp3) is 0.0244. The van der Waals surface area contributed by atoms with Crippen LogP contribution in [0.4, 0.5) is 34.1 Å². The fourth-order valence-electron chi connectivity index (χ4n) is 7.72. The van der Waals surface area contributed by atoms with Crippen molar-refractivity contribution in [3.8, 4) is 11.1 Å². The molecule has 0 bridgehead atoms. The molecule has 0 N–H and O–H groups in total. The molecule has 10 rings (SSSR count). The number of pyridine rings is 2. The second kappa shape index (κ2) is 9.67. The Balaban J connectivity index is 1.33. The Bertz CT molecular complexity index is 2240. The molecule has 0 saturated carbocycles. The lowest BCUT2D eigenvalue weighted by Crippen LogP contribution is -2.37. The van der Waals surface area contributed by atoms with Crippen LogP contribution < -0.4 is 9.80 Å². The highest BCUT2D eigenvalue weighted by molar-refractivity contribution is 7.99. The van der Waals surface area contributed by atoms with Crippen LogP contribution in [0, 0.1) is 0 Å². The van der Waals surface area contributed by atoms with Gasteiger partial charge in [0.1, 0.15) is 5.41 Å². The van der Waals surface area contributed by atoms with Crippen molar-refractivity contribution in [3.05, 3.63) is 181 Å². The maximum atomic E-state index is 5.19. The quantitative estimate of drug-likeness (QED) is 0.195. The van der Waals surface area contributed by atoms with Crippen molar-refractivity contribution in [3.63, 3.8) is 0 Å². The molecule has 7 aromatic rings. The second-order valence-corrected chi connectivity index (χ2v) is 12.9. The molecule has 3 aliphatic rings. The van der Waals surface area contributed by atoms with Gasteiger partial charge in [-0.15, -0.1) is 0 Å². The molecule has 0 fully saturated rings. The Labute approximate surface area is 271 Å². The smallest absolute Gasteiger partial charge is 0.110 e. The van der Waals surface area contributed by atoms with Crippen LogP contribution in [0.25, 0.3) is 11.1 Å². The molecule has 2 aliphatic heterocycles. The monoisotopic (exact) mass is 606 g/mol. The molecule has 1 aliphatic carbocycles. The molecule has 0 atom stereocenters. The van der Waals surface area contributed by atoms with E-state index in [1.165, 1.54) is 26.7 Å². The van der Waals surface area contributed by atoms with E-state index in [1.807, 2.05) is 36.3 Å². The molecule has 0 amide bonds. The third-order valence-electron chi connectivity index (χ3n) is 9.49. The largest absolute Gasteiger partial charge is 0.310 e. The van der Waals surface area contributed by atoms with Gasteiger partial charge < -0.3 is 9.80 Å². The highest BCUT2D eigenvalue weighted by atomic mass is 32.2. The average molecular weight is 607 g/mol. The van der Waals surface area contributed by atoms with Crippen molar-refractivity contribution in [1.82, 2.24) is 9.97 Å². The molecule has 0 radical (unpaired) electrons. The van der Waals surface area contributed by atoms with Gasteiger partial charge in [0.25, 0.3) is 0 Å². The van der Waals surface area contributed by atoms with Crippen LogP contribution in [-0.2, 0) is 5.41 Å². The first-order chi connectivity index (χ1) is 22.8. The van der Waals surface area contributed by atoms with Crippen LogP contribution >= 0.6 is 11.8 Å². The van der Waals surface area contributed by atoms with E-state index in [0.717, 1.165) is 50.8 Å². The number of rotatable bonds is 2. The summed E-state index contributed by atoms with van der Waals surface area (Å²) in [7, 11) is 0. The van der Waals surface area contributed by atoms with Crippen molar-refractivity contribution in [2.75, 3.05) is 9.80 Å². The molecule has 46 heavy (non-hydrogen) atoms. The minimum atomic E-state index is -0.704. The van der Waals surface area contributed by atoms with Crippen molar-refractivity contribution in [2.24, 2.45) is 0 Å². The van der Waals surface area contributed by atoms with Gasteiger partial charge in [-0.2, -0.15) is 0 Å². The molecule has 5 heteroatoms. The third kappa shape index (κ3) is 3.35. The van der Waals surface area contributed by atoms with Gasteiger partial charge in [0.15, 0.2) is 0 Å². The van der Waals surface area contributed by atoms with Crippen LogP contribution in [0.2, 0.25) is 0 Å². The topological polar surface area (TPSA) is 32.3 Å². The highest BCUT2D eigenvalue weighted by Crippen LogP contribution is 2.63. The van der Waals surface area contributed by atoms with Crippen LogP contribution in [0.1, 0.15) is 22.5 Å². The van der Waals surface area contributed by atoms with Gasteiger partial charge in [-0.1, -0.05) is 84.6 Å². The number of hydrogen-bond acceptors (Lipinski definition) is 5. The maximum absolute atomic E-state index is 5.19. The molecular formula is C41H26N4S. The first kappa shape index (κ1) is 25.7. The van der Waals surface area contributed by atoms with Crippen molar-refractivity contribution in [1.29, 1.82) is 0 Å².